The first-order valence-corrected chi connectivity index (χ1v) is 13.3. The first-order valence-electron chi connectivity index (χ1n) is 12.4. The number of aliphatic imine (C=N–C) groups is 1. The number of guanidine groups is 1. The molecule has 2 unspecified atom stereocenters. The third-order valence-electron chi connectivity index (χ3n) is 6.79. The lowest BCUT2D eigenvalue weighted by atomic mass is 10.1. The van der Waals surface area contributed by atoms with E-state index in [9.17, 15) is 9.59 Å². The van der Waals surface area contributed by atoms with Crippen LogP contribution in [0.4, 0.5) is 4.79 Å². The summed E-state index contributed by atoms with van der Waals surface area (Å²) >= 11 is 1.61. The maximum absolute atomic E-state index is 12.9. The normalized spacial score (nSPS) is 22.5. The summed E-state index contributed by atoms with van der Waals surface area (Å²) < 4.78 is 0. The van der Waals surface area contributed by atoms with Crippen molar-refractivity contribution in [2.45, 2.75) is 37.3 Å². The van der Waals surface area contributed by atoms with Gasteiger partial charge in [-0.25, -0.2) is 19.8 Å². The fourth-order valence-corrected chi connectivity index (χ4v) is 5.66. The van der Waals surface area contributed by atoms with E-state index in [1.54, 1.807) is 25.0 Å². The number of carbonyl (C=O) groups excluding carboxylic acids is 2. The molecule has 4 heterocycles. The van der Waals surface area contributed by atoms with Crippen molar-refractivity contribution in [1.82, 2.24) is 34.9 Å². The molecule has 3 amide bonds. The topological polar surface area (TPSA) is 97.3 Å². The summed E-state index contributed by atoms with van der Waals surface area (Å²) in [5.74, 6) is 1.36. The second-order valence-electron chi connectivity index (χ2n) is 9.32. The molecule has 0 spiro atoms. The molecule has 36 heavy (non-hydrogen) atoms. The maximum Gasteiger partial charge on any atom is 0.325 e. The number of carbonyl (C=O) groups is 2. The van der Waals surface area contributed by atoms with Crippen LogP contribution in [0.1, 0.15) is 17.7 Å². The molecule has 10 nitrogen and oxygen atoms in total. The van der Waals surface area contributed by atoms with Crippen LogP contribution >= 0.6 is 11.8 Å². The number of amides is 3. The maximum atomic E-state index is 12.9. The van der Waals surface area contributed by atoms with Crippen molar-refractivity contribution in [3.05, 3.63) is 53.9 Å². The number of rotatable bonds is 7. The third kappa shape index (κ3) is 5.31. The predicted molar refractivity (Wildman–Crippen MR) is 138 cm³/mol. The highest BCUT2D eigenvalue weighted by Gasteiger charge is 2.49. The van der Waals surface area contributed by atoms with Gasteiger partial charge in [-0.2, -0.15) is 0 Å². The third-order valence-corrected chi connectivity index (χ3v) is 7.74. The molecule has 2 aromatic rings. The first-order chi connectivity index (χ1) is 17.5. The number of benzene rings is 1. The summed E-state index contributed by atoms with van der Waals surface area (Å²) in [5.41, 5.74) is 2.26. The van der Waals surface area contributed by atoms with Crippen LogP contribution in [0.15, 0.2) is 52.7 Å². The van der Waals surface area contributed by atoms with E-state index < -0.39 is 18.2 Å². The van der Waals surface area contributed by atoms with Gasteiger partial charge in [0.05, 0.1) is 0 Å². The number of aromatic nitrogens is 2. The minimum atomic E-state index is -0.509. The molecule has 5 rings (SSSR count). The lowest BCUT2D eigenvalue weighted by Crippen LogP contribution is -2.64. The van der Waals surface area contributed by atoms with Crippen molar-refractivity contribution in [2.75, 3.05) is 45.5 Å². The van der Waals surface area contributed by atoms with Gasteiger partial charge in [-0.1, -0.05) is 42.1 Å². The largest absolute Gasteiger partial charge is 0.340 e. The monoisotopic (exact) mass is 508 g/mol. The smallest absolute Gasteiger partial charge is 0.325 e. The Hall–Kier alpha value is -3.18. The number of aryl methyl sites for hydroxylation is 1. The number of thioether (sulfide) groups is 1. The Bertz CT molecular complexity index is 1120. The zero-order valence-electron chi connectivity index (χ0n) is 20.7. The Morgan fingerprint density at radius 3 is 2.61 bits per heavy atom. The van der Waals surface area contributed by atoms with Crippen LogP contribution in [0.5, 0.6) is 0 Å². The molecule has 3 aliphatic rings. The van der Waals surface area contributed by atoms with Crippen LogP contribution in [-0.4, -0.2) is 105 Å². The van der Waals surface area contributed by atoms with Gasteiger partial charge < -0.3 is 14.7 Å². The summed E-state index contributed by atoms with van der Waals surface area (Å²) in [5, 5.41) is 3.25. The van der Waals surface area contributed by atoms with Crippen LogP contribution in [0.25, 0.3) is 0 Å². The van der Waals surface area contributed by atoms with Gasteiger partial charge in [0.25, 0.3) is 5.91 Å². The molecular formula is C25H32N8O2S. The minimum Gasteiger partial charge on any atom is -0.340 e. The number of piperazine rings is 1. The zero-order chi connectivity index (χ0) is 25.1. The lowest BCUT2D eigenvalue weighted by Gasteiger charge is -2.40. The summed E-state index contributed by atoms with van der Waals surface area (Å²) in [7, 11) is 1.70. The van der Waals surface area contributed by atoms with Crippen molar-refractivity contribution in [1.29, 1.82) is 0 Å². The molecule has 1 aromatic carbocycles. The minimum absolute atomic E-state index is 0.278. The summed E-state index contributed by atoms with van der Waals surface area (Å²) in [6.45, 7) is 7.03. The fraction of sp³-hybridized carbons (Fsp3) is 0.480. The number of fused-ring (bicyclic) bond motifs is 1. The molecule has 0 saturated carbocycles. The van der Waals surface area contributed by atoms with Gasteiger partial charge in [0.15, 0.2) is 23.3 Å². The number of hydrogen-bond donors (Lipinski definition) is 1. The SMILES string of the molecule is Cc1ccnc(SCCCN2C(N3CCN(Cc4ccccc4)CC3)=NC3C2C(=O)NC(=O)N3C)n1. The molecule has 2 saturated heterocycles. The van der Waals surface area contributed by atoms with Gasteiger partial charge in [0.1, 0.15) is 0 Å². The number of urea groups is 1. The highest BCUT2D eigenvalue weighted by atomic mass is 32.2. The summed E-state index contributed by atoms with van der Waals surface area (Å²) in [4.78, 5) is 47.2. The van der Waals surface area contributed by atoms with Gasteiger partial charge in [-0.15, -0.1) is 0 Å². The molecule has 2 atom stereocenters. The molecule has 1 N–H and O–H groups in total. The Labute approximate surface area is 215 Å². The predicted octanol–water partition coefficient (Wildman–Crippen LogP) is 1.63. The van der Waals surface area contributed by atoms with Crippen molar-refractivity contribution in [3.63, 3.8) is 0 Å². The van der Waals surface area contributed by atoms with Gasteiger partial charge in [0.2, 0.25) is 0 Å². The van der Waals surface area contributed by atoms with Crippen molar-refractivity contribution < 1.29 is 9.59 Å². The molecule has 3 aliphatic heterocycles. The quantitative estimate of drug-likeness (QED) is 0.343. The second kappa shape index (κ2) is 10.8. The van der Waals surface area contributed by atoms with Crippen LogP contribution in [0.2, 0.25) is 0 Å². The average Bonchev–Trinajstić information content (AvgIpc) is 3.27. The highest BCUT2D eigenvalue weighted by Crippen LogP contribution is 2.27. The van der Waals surface area contributed by atoms with Gasteiger partial charge >= 0.3 is 6.03 Å². The number of hydrogen-bond acceptors (Lipinski definition) is 9. The Morgan fingerprint density at radius 2 is 1.86 bits per heavy atom. The zero-order valence-corrected chi connectivity index (χ0v) is 21.5. The molecule has 190 valence electrons. The van der Waals surface area contributed by atoms with E-state index in [2.05, 4.69) is 54.2 Å². The van der Waals surface area contributed by atoms with E-state index in [0.29, 0.717) is 6.54 Å². The van der Waals surface area contributed by atoms with Gasteiger partial charge in [-0.3, -0.25) is 15.0 Å². The summed E-state index contributed by atoms with van der Waals surface area (Å²) in [6.07, 6.45) is 2.11. The lowest BCUT2D eigenvalue weighted by molar-refractivity contribution is -0.127. The van der Waals surface area contributed by atoms with Crippen LogP contribution < -0.4 is 5.32 Å². The molecule has 11 heteroatoms. The van der Waals surface area contributed by atoms with Crippen LogP contribution in [0.3, 0.4) is 0 Å². The van der Waals surface area contributed by atoms with E-state index in [1.165, 1.54) is 10.5 Å². The Morgan fingerprint density at radius 1 is 1.08 bits per heavy atom. The number of likely N-dealkylation sites (N-methyl/N-ethyl adjacent to an activating group) is 1. The molecule has 1 aromatic heterocycles. The summed E-state index contributed by atoms with van der Waals surface area (Å²) in [6, 6.07) is 11.5. The molecule has 0 aliphatic carbocycles. The highest BCUT2D eigenvalue weighted by molar-refractivity contribution is 7.99. The number of imide groups is 1. The van der Waals surface area contributed by atoms with Crippen LogP contribution in [-0.2, 0) is 11.3 Å². The standard InChI is InChI=1S/C25H32N8O2S/c1-18-9-10-26-23(27-18)36-16-6-11-33-20-21(30(2)25(35)29-22(20)34)28-24(33)32-14-12-31(13-15-32)17-19-7-4-3-5-8-19/h3-5,7-10,20-21H,6,11-17H2,1-2H3,(H,29,34,35). The molecule has 0 radical (unpaired) electrons. The van der Waals surface area contributed by atoms with E-state index >= 15 is 0 Å². The first kappa shape index (κ1) is 24.5. The molecule has 2 fully saturated rings. The Balaban J connectivity index is 1.24. The van der Waals surface area contributed by atoms with Crippen molar-refractivity contribution in [2.24, 2.45) is 4.99 Å². The van der Waals surface area contributed by atoms with Crippen LogP contribution in [0, 0.1) is 6.92 Å². The van der Waals surface area contributed by atoms with E-state index in [-0.39, 0.29) is 5.91 Å². The number of nitrogens with zero attached hydrogens (tertiary/aromatic N) is 7. The van der Waals surface area contributed by atoms with Crippen molar-refractivity contribution in [3.8, 4) is 0 Å². The van der Waals surface area contributed by atoms with E-state index in [0.717, 1.165) is 61.7 Å². The molecule has 0 bridgehead atoms. The second-order valence-corrected chi connectivity index (χ2v) is 10.4. The Kier molecular flexibility index (Phi) is 7.38. The van der Waals surface area contributed by atoms with E-state index in [4.69, 9.17) is 4.99 Å². The van der Waals surface area contributed by atoms with Gasteiger partial charge in [0, 0.05) is 64.0 Å². The van der Waals surface area contributed by atoms with Crippen molar-refractivity contribution >= 4 is 29.7 Å². The van der Waals surface area contributed by atoms with Gasteiger partial charge in [-0.05, 0) is 25.0 Å². The molecular weight excluding hydrogens is 476 g/mol. The average molecular weight is 509 g/mol. The fourth-order valence-electron chi connectivity index (χ4n) is 4.86. The van der Waals surface area contributed by atoms with E-state index in [1.807, 2.05) is 19.1 Å². The number of nitrogens with one attached hydrogen (secondary N) is 1.